The third kappa shape index (κ3) is 11.3. The maximum absolute atomic E-state index is 9.81. The Kier molecular flexibility index (Phi) is 13.1. The third-order valence-corrected chi connectivity index (χ3v) is 4.09. The molecule has 20 heavy (non-hydrogen) atoms. The number of rotatable bonds is 13. The van der Waals surface area contributed by atoms with Gasteiger partial charge in [0, 0.05) is 0 Å². The second-order valence-electron chi connectivity index (χ2n) is 6.54. The van der Waals surface area contributed by atoms with Crippen molar-refractivity contribution < 1.29 is 5.11 Å². The highest BCUT2D eigenvalue weighted by Gasteiger charge is 2.22. The summed E-state index contributed by atoms with van der Waals surface area (Å²) in [5.41, 5.74) is 0. The Morgan fingerprint density at radius 1 is 0.850 bits per heavy atom. The molecule has 0 amide bonds. The lowest BCUT2D eigenvalue weighted by molar-refractivity contribution is 0.133. The molecule has 0 aromatic heterocycles. The highest BCUT2D eigenvalue weighted by atomic mass is 16.3. The second kappa shape index (κ2) is 13.4. The summed E-state index contributed by atoms with van der Waals surface area (Å²) in [6.45, 7) is 13.8. The molecule has 0 radical (unpaired) electrons. The van der Waals surface area contributed by atoms with Gasteiger partial charge in [0.25, 0.3) is 0 Å². The normalized spacial score (nSPS) is 14.2. The van der Waals surface area contributed by atoms with E-state index in [9.17, 15) is 5.11 Å². The van der Waals surface area contributed by atoms with Gasteiger partial charge in [-0.2, -0.15) is 0 Å². The predicted octanol–water partition coefficient (Wildman–Crippen LogP) is 5.81. The molecule has 0 aliphatic heterocycles. The fourth-order valence-corrected chi connectivity index (χ4v) is 2.69. The summed E-state index contributed by atoms with van der Waals surface area (Å²) in [4.78, 5) is 3.34. The van der Waals surface area contributed by atoms with Crippen LogP contribution in [0, 0.1) is 18.4 Å². The van der Waals surface area contributed by atoms with Crippen LogP contribution in [0.15, 0.2) is 0 Å². The average molecular weight is 281 g/mol. The lowest BCUT2D eigenvalue weighted by Crippen LogP contribution is -2.16. The summed E-state index contributed by atoms with van der Waals surface area (Å²) in [6.07, 6.45) is 12.6. The second-order valence-corrected chi connectivity index (χ2v) is 6.54. The van der Waals surface area contributed by atoms with Gasteiger partial charge in [0.2, 0.25) is 0 Å². The van der Waals surface area contributed by atoms with Crippen molar-refractivity contribution in [2.45, 2.75) is 97.6 Å². The van der Waals surface area contributed by atoms with Crippen molar-refractivity contribution >= 4 is 0 Å². The highest BCUT2D eigenvalue weighted by Crippen LogP contribution is 2.23. The largest absolute Gasteiger partial charge is 0.328 e. The number of hydrogen-bond donors (Lipinski definition) is 1. The summed E-state index contributed by atoms with van der Waals surface area (Å²) in [5.74, 6) is 0.962. The van der Waals surface area contributed by atoms with Crippen molar-refractivity contribution in [3.63, 3.8) is 0 Å². The third-order valence-electron chi connectivity index (χ3n) is 4.09. The van der Waals surface area contributed by atoms with Crippen LogP contribution >= 0.6 is 0 Å². The molecule has 2 atom stereocenters. The maximum Gasteiger partial charge on any atom is 0.328 e. The zero-order chi connectivity index (χ0) is 15.2. The molecule has 2 heteroatoms. The van der Waals surface area contributed by atoms with Crippen molar-refractivity contribution in [1.82, 2.24) is 0 Å². The molecule has 0 fully saturated rings. The van der Waals surface area contributed by atoms with E-state index in [-0.39, 0.29) is 5.92 Å². The molecule has 2 unspecified atom stereocenters. The summed E-state index contributed by atoms with van der Waals surface area (Å²) >= 11 is 0. The molecule has 0 heterocycles. The minimum atomic E-state index is -0.773. The Hall–Kier alpha value is -0.550. The minimum Gasteiger partial charge on any atom is -0.326 e. The molecular weight excluding hydrogens is 246 g/mol. The quantitative estimate of drug-likeness (QED) is 0.334. The molecule has 0 aromatic carbocycles. The molecular formula is C18H35NO. The van der Waals surface area contributed by atoms with Crippen molar-refractivity contribution in [2.75, 3.05) is 0 Å². The van der Waals surface area contributed by atoms with Crippen molar-refractivity contribution in [1.29, 1.82) is 0 Å². The van der Waals surface area contributed by atoms with E-state index in [0.717, 1.165) is 25.2 Å². The average Bonchev–Trinajstić information content (AvgIpc) is 2.43. The molecule has 0 saturated carbocycles. The van der Waals surface area contributed by atoms with E-state index in [0.29, 0.717) is 0 Å². The van der Waals surface area contributed by atoms with Crippen LogP contribution in [0.1, 0.15) is 91.4 Å². The van der Waals surface area contributed by atoms with Gasteiger partial charge < -0.3 is 5.11 Å². The van der Waals surface area contributed by atoms with Crippen LogP contribution in [0.5, 0.6) is 0 Å². The molecule has 1 N–H and O–H groups in total. The molecule has 0 rings (SSSR count). The van der Waals surface area contributed by atoms with Crippen molar-refractivity contribution in [3.8, 4) is 0 Å². The van der Waals surface area contributed by atoms with Crippen LogP contribution in [-0.4, -0.2) is 11.3 Å². The van der Waals surface area contributed by atoms with Crippen LogP contribution in [0.25, 0.3) is 4.85 Å². The summed E-state index contributed by atoms with van der Waals surface area (Å²) < 4.78 is 0. The van der Waals surface area contributed by atoms with Gasteiger partial charge in [0.15, 0.2) is 0 Å². The van der Waals surface area contributed by atoms with Gasteiger partial charge in [-0.3, -0.25) is 4.85 Å². The van der Waals surface area contributed by atoms with E-state index in [1.807, 2.05) is 0 Å². The van der Waals surface area contributed by atoms with Gasteiger partial charge in [0.05, 0.1) is 5.92 Å². The zero-order valence-electron chi connectivity index (χ0n) is 13.9. The Balaban J connectivity index is 3.77. The van der Waals surface area contributed by atoms with E-state index in [1.54, 1.807) is 0 Å². The molecule has 0 saturated heterocycles. The fourth-order valence-electron chi connectivity index (χ4n) is 2.69. The van der Waals surface area contributed by atoms with Crippen LogP contribution in [-0.2, 0) is 0 Å². The van der Waals surface area contributed by atoms with Gasteiger partial charge in [-0.15, -0.1) is 0 Å². The lowest BCUT2D eigenvalue weighted by atomic mass is 9.92. The van der Waals surface area contributed by atoms with E-state index in [1.165, 1.54) is 51.4 Å². The topological polar surface area (TPSA) is 24.6 Å². The standard InChI is InChI=1S/C18H35NO/c1-5-6-7-8-9-10-14-17(18(20)19-4)15-12-11-13-16(2)3/h16-18,20H,5-15H2,1-3H3. The van der Waals surface area contributed by atoms with Crippen LogP contribution in [0.4, 0.5) is 0 Å². The Morgan fingerprint density at radius 3 is 1.90 bits per heavy atom. The fraction of sp³-hybridized carbons (Fsp3) is 0.944. The summed E-state index contributed by atoms with van der Waals surface area (Å²) in [7, 11) is 0. The van der Waals surface area contributed by atoms with E-state index in [4.69, 9.17) is 6.57 Å². The Bertz CT molecular complexity index is 244. The predicted molar refractivity (Wildman–Crippen MR) is 87.4 cm³/mol. The van der Waals surface area contributed by atoms with Crippen molar-refractivity contribution in [2.24, 2.45) is 11.8 Å². The first-order valence-corrected chi connectivity index (χ1v) is 8.66. The Morgan fingerprint density at radius 2 is 1.35 bits per heavy atom. The lowest BCUT2D eigenvalue weighted by Gasteiger charge is -2.15. The monoisotopic (exact) mass is 281 g/mol. The number of hydrogen-bond acceptors (Lipinski definition) is 1. The smallest absolute Gasteiger partial charge is 0.326 e. The number of aliphatic hydroxyl groups excluding tert-OH is 1. The number of nitrogens with zero attached hydrogens (tertiary/aromatic N) is 1. The summed E-state index contributed by atoms with van der Waals surface area (Å²) in [5, 5.41) is 9.81. The van der Waals surface area contributed by atoms with Gasteiger partial charge in [-0.25, -0.2) is 6.57 Å². The molecule has 0 spiro atoms. The van der Waals surface area contributed by atoms with E-state index < -0.39 is 6.23 Å². The first kappa shape index (κ1) is 19.4. The van der Waals surface area contributed by atoms with Crippen LogP contribution in [0.3, 0.4) is 0 Å². The van der Waals surface area contributed by atoms with E-state index >= 15 is 0 Å². The molecule has 0 aliphatic carbocycles. The molecule has 0 aromatic rings. The molecule has 2 nitrogen and oxygen atoms in total. The summed E-state index contributed by atoms with van der Waals surface area (Å²) in [6, 6.07) is 0. The highest BCUT2D eigenvalue weighted by molar-refractivity contribution is 4.76. The van der Waals surface area contributed by atoms with Gasteiger partial charge in [-0.05, 0) is 18.8 Å². The number of unbranched alkanes of at least 4 members (excludes halogenated alkanes) is 6. The van der Waals surface area contributed by atoms with Gasteiger partial charge in [-0.1, -0.05) is 78.6 Å². The van der Waals surface area contributed by atoms with Gasteiger partial charge >= 0.3 is 6.23 Å². The zero-order valence-corrected chi connectivity index (χ0v) is 13.9. The first-order valence-electron chi connectivity index (χ1n) is 8.66. The Labute approximate surface area is 126 Å². The van der Waals surface area contributed by atoms with E-state index in [2.05, 4.69) is 25.6 Å². The molecule has 0 aliphatic rings. The SMILES string of the molecule is [C-]#[N+]C(O)C(CCCCCCCC)CCCCC(C)C. The molecule has 118 valence electrons. The maximum atomic E-state index is 9.81. The first-order chi connectivity index (χ1) is 9.61. The number of aliphatic hydroxyl groups is 1. The van der Waals surface area contributed by atoms with Crippen LogP contribution in [0.2, 0.25) is 0 Å². The van der Waals surface area contributed by atoms with Gasteiger partial charge in [0.1, 0.15) is 0 Å². The van der Waals surface area contributed by atoms with Crippen LogP contribution < -0.4 is 0 Å². The van der Waals surface area contributed by atoms with Crippen molar-refractivity contribution in [3.05, 3.63) is 11.4 Å². The molecule has 0 bridgehead atoms. The minimum absolute atomic E-state index is 0.200.